The Morgan fingerprint density at radius 1 is 1.19 bits per heavy atom. The Morgan fingerprint density at radius 2 is 1.81 bits per heavy atom. The first-order chi connectivity index (χ1) is 9.87. The van der Waals surface area contributed by atoms with Crippen molar-refractivity contribution >= 4 is 23.2 Å². The van der Waals surface area contributed by atoms with Crippen LogP contribution >= 0.6 is 11.3 Å². The maximum atomic E-state index is 12.2. The summed E-state index contributed by atoms with van der Waals surface area (Å²) in [6.45, 7) is 8.19. The number of thiophene rings is 1. The first-order valence-electron chi connectivity index (χ1n) is 7.10. The average Bonchev–Trinajstić information content (AvgIpc) is 2.97. The normalized spacial score (nSPS) is 16.1. The van der Waals surface area contributed by atoms with Crippen LogP contribution in [0.25, 0.3) is 0 Å². The van der Waals surface area contributed by atoms with E-state index in [-0.39, 0.29) is 24.0 Å². The molecule has 0 bridgehead atoms. The Kier molecular flexibility index (Phi) is 5.00. The number of nitrogens with zero attached hydrogens (tertiary/aromatic N) is 2. The zero-order chi connectivity index (χ0) is 15.5. The van der Waals surface area contributed by atoms with Crippen LogP contribution in [0.2, 0.25) is 0 Å². The van der Waals surface area contributed by atoms with E-state index in [0.29, 0.717) is 26.2 Å². The molecule has 1 aromatic heterocycles. The summed E-state index contributed by atoms with van der Waals surface area (Å²) in [7, 11) is 0. The summed E-state index contributed by atoms with van der Waals surface area (Å²) in [4.78, 5) is 27.8. The summed E-state index contributed by atoms with van der Waals surface area (Å²) in [6, 6.07) is 1.84. The van der Waals surface area contributed by atoms with Gasteiger partial charge < -0.3 is 14.5 Å². The minimum atomic E-state index is -0.313. The molecule has 0 aromatic carbocycles. The SMILES string of the molecule is CC(C)(C)OCC(=O)N1CCN(C(=O)c2ccsc2)CC1. The van der Waals surface area contributed by atoms with Gasteiger partial charge in [0, 0.05) is 31.6 Å². The van der Waals surface area contributed by atoms with Crippen LogP contribution in [-0.4, -0.2) is 60.0 Å². The fourth-order valence-corrected chi connectivity index (χ4v) is 2.73. The van der Waals surface area contributed by atoms with E-state index >= 15 is 0 Å². The standard InChI is InChI=1S/C15H22N2O3S/c1-15(2,3)20-10-13(18)16-5-7-17(8-6-16)14(19)12-4-9-21-11-12/h4,9,11H,5-8,10H2,1-3H3. The summed E-state index contributed by atoms with van der Waals surface area (Å²) in [5.41, 5.74) is 0.419. The Hall–Kier alpha value is -1.40. The number of amides is 2. The molecule has 1 aliphatic rings. The highest BCUT2D eigenvalue weighted by Crippen LogP contribution is 2.13. The number of hydrogen-bond donors (Lipinski definition) is 0. The highest BCUT2D eigenvalue weighted by Gasteiger charge is 2.25. The fraction of sp³-hybridized carbons (Fsp3) is 0.600. The Balaban J connectivity index is 1.80. The Labute approximate surface area is 129 Å². The van der Waals surface area contributed by atoms with Crippen LogP contribution in [0.4, 0.5) is 0 Å². The molecule has 6 heteroatoms. The number of rotatable bonds is 3. The zero-order valence-electron chi connectivity index (χ0n) is 12.8. The molecule has 0 N–H and O–H groups in total. The smallest absolute Gasteiger partial charge is 0.254 e. The topological polar surface area (TPSA) is 49.9 Å². The molecule has 2 heterocycles. The maximum absolute atomic E-state index is 12.2. The van der Waals surface area contributed by atoms with E-state index in [0.717, 1.165) is 5.56 Å². The lowest BCUT2D eigenvalue weighted by molar-refractivity contribution is -0.142. The lowest BCUT2D eigenvalue weighted by Gasteiger charge is -2.35. The minimum absolute atomic E-state index is 0.00689. The van der Waals surface area contributed by atoms with Crippen molar-refractivity contribution < 1.29 is 14.3 Å². The van der Waals surface area contributed by atoms with Crippen LogP contribution in [-0.2, 0) is 9.53 Å². The third-order valence-corrected chi connectivity index (χ3v) is 4.00. The van der Waals surface area contributed by atoms with Gasteiger partial charge >= 0.3 is 0 Å². The largest absolute Gasteiger partial charge is 0.366 e. The van der Waals surface area contributed by atoms with Crippen molar-refractivity contribution in [2.75, 3.05) is 32.8 Å². The van der Waals surface area contributed by atoms with Crippen LogP contribution in [0.15, 0.2) is 16.8 Å². The average molecular weight is 310 g/mol. The highest BCUT2D eigenvalue weighted by atomic mass is 32.1. The van der Waals surface area contributed by atoms with Crippen molar-refractivity contribution in [1.29, 1.82) is 0 Å². The molecule has 0 radical (unpaired) electrons. The van der Waals surface area contributed by atoms with E-state index in [9.17, 15) is 9.59 Å². The Bertz CT molecular complexity index is 486. The quantitative estimate of drug-likeness (QED) is 0.856. The molecule has 1 aliphatic heterocycles. The summed E-state index contributed by atoms with van der Waals surface area (Å²) < 4.78 is 5.51. The predicted octanol–water partition coefficient (Wildman–Crippen LogP) is 1.85. The first-order valence-corrected chi connectivity index (χ1v) is 8.04. The molecule has 2 rings (SSSR count). The van der Waals surface area contributed by atoms with Gasteiger partial charge in [-0.05, 0) is 32.2 Å². The van der Waals surface area contributed by atoms with Crippen LogP contribution in [0.1, 0.15) is 31.1 Å². The lowest BCUT2D eigenvalue weighted by atomic mass is 10.2. The van der Waals surface area contributed by atoms with Crippen molar-refractivity contribution in [2.24, 2.45) is 0 Å². The van der Waals surface area contributed by atoms with Crippen molar-refractivity contribution in [1.82, 2.24) is 9.80 Å². The number of carbonyl (C=O) groups excluding carboxylic acids is 2. The van der Waals surface area contributed by atoms with E-state index < -0.39 is 0 Å². The molecular weight excluding hydrogens is 288 g/mol. The van der Waals surface area contributed by atoms with Crippen molar-refractivity contribution in [2.45, 2.75) is 26.4 Å². The van der Waals surface area contributed by atoms with Crippen LogP contribution in [0.5, 0.6) is 0 Å². The number of hydrogen-bond acceptors (Lipinski definition) is 4. The van der Waals surface area contributed by atoms with Crippen LogP contribution < -0.4 is 0 Å². The second-order valence-corrected chi connectivity index (χ2v) is 6.87. The molecule has 0 aliphatic carbocycles. The molecular formula is C15H22N2O3S. The van der Waals surface area contributed by atoms with Gasteiger partial charge in [0.1, 0.15) is 6.61 Å². The molecule has 1 fully saturated rings. The molecule has 21 heavy (non-hydrogen) atoms. The Morgan fingerprint density at radius 3 is 2.33 bits per heavy atom. The fourth-order valence-electron chi connectivity index (χ4n) is 2.10. The van der Waals surface area contributed by atoms with Crippen molar-refractivity contribution in [3.05, 3.63) is 22.4 Å². The van der Waals surface area contributed by atoms with Crippen LogP contribution in [0, 0.1) is 0 Å². The summed E-state index contributed by atoms with van der Waals surface area (Å²) >= 11 is 1.52. The van der Waals surface area contributed by atoms with Gasteiger partial charge in [0.25, 0.3) is 5.91 Å². The monoisotopic (exact) mass is 310 g/mol. The number of piperazine rings is 1. The summed E-state index contributed by atoms with van der Waals surface area (Å²) in [5.74, 6) is 0.0434. The molecule has 0 atom stereocenters. The highest BCUT2D eigenvalue weighted by molar-refractivity contribution is 7.08. The van der Waals surface area contributed by atoms with Gasteiger partial charge in [-0.15, -0.1) is 0 Å². The van der Waals surface area contributed by atoms with Gasteiger partial charge in [-0.3, -0.25) is 9.59 Å². The molecule has 1 saturated heterocycles. The molecule has 116 valence electrons. The van der Waals surface area contributed by atoms with Gasteiger partial charge in [-0.1, -0.05) is 0 Å². The van der Waals surface area contributed by atoms with Crippen molar-refractivity contribution in [3.8, 4) is 0 Å². The molecule has 0 unspecified atom stereocenters. The third kappa shape index (κ3) is 4.54. The van der Waals surface area contributed by atoms with Gasteiger partial charge in [-0.2, -0.15) is 11.3 Å². The van der Waals surface area contributed by atoms with Gasteiger partial charge in [0.15, 0.2) is 0 Å². The molecule has 2 amide bonds. The second kappa shape index (κ2) is 6.58. The van der Waals surface area contributed by atoms with E-state index in [1.165, 1.54) is 11.3 Å². The molecule has 1 aromatic rings. The van der Waals surface area contributed by atoms with E-state index in [4.69, 9.17) is 4.74 Å². The summed E-state index contributed by atoms with van der Waals surface area (Å²) in [5, 5.41) is 3.76. The first kappa shape index (κ1) is 16.0. The summed E-state index contributed by atoms with van der Waals surface area (Å²) in [6.07, 6.45) is 0. The molecule has 0 saturated carbocycles. The minimum Gasteiger partial charge on any atom is -0.366 e. The van der Waals surface area contributed by atoms with E-state index in [1.807, 2.05) is 37.6 Å². The second-order valence-electron chi connectivity index (χ2n) is 6.09. The van der Waals surface area contributed by atoms with Gasteiger partial charge in [0.05, 0.1) is 11.2 Å². The molecule has 0 spiro atoms. The van der Waals surface area contributed by atoms with Crippen LogP contribution in [0.3, 0.4) is 0 Å². The van der Waals surface area contributed by atoms with Gasteiger partial charge in [-0.25, -0.2) is 0 Å². The predicted molar refractivity (Wildman–Crippen MR) is 82.5 cm³/mol. The van der Waals surface area contributed by atoms with Gasteiger partial charge in [0.2, 0.25) is 5.91 Å². The number of carbonyl (C=O) groups is 2. The number of ether oxygens (including phenoxy) is 1. The van der Waals surface area contributed by atoms with E-state index in [1.54, 1.807) is 9.80 Å². The molecule has 5 nitrogen and oxygen atoms in total. The van der Waals surface area contributed by atoms with E-state index in [2.05, 4.69) is 0 Å². The lowest BCUT2D eigenvalue weighted by Crippen LogP contribution is -2.51. The maximum Gasteiger partial charge on any atom is 0.254 e. The third-order valence-electron chi connectivity index (χ3n) is 3.32. The zero-order valence-corrected chi connectivity index (χ0v) is 13.6. The van der Waals surface area contributed by atoms with Crippen molar-refractivity contribution in [3.63, 3.8) is 0 Å².